The van der Waals surface area contributed by atoms with E-state index >= 15 is 0 Å². The number of nitrogens with one attached hydrogen (secondary N) is 1. The summed E-state index contributed by atoms with van der Waals surface area (Å²) in [5, 5.41) is 6.31. The van der Waals surface area contributed by atoms with Gasteiger partial charge in [0.1, 0.15) is 0 Å². The lowest BCUT2D eigenvalue weighted by molar-refractivity contribution is -0.116. The van der Waals surface area contributed by atoms with Gasteiger partial charge in [-0.3, -0.25) is 9.69 Å². The van der Waals surface area contributed by atoms with E-state index in [4.69, 9.17) is 4.74 Å². The third-order valence-electron chi connectivity index (χ3n) is 3.74. The number of nitrogens with zero attached hydrogens (tertiary/aromatic N) is 2. The molecule has 0 aliphatic carbocycles. The maximum absolute atomic E-state index is 11.5. The van der Waals surface area contributed by atoms with Crippen molar-refractivity contribution in [3.63, 3.8) is 0 Å². The molecule has 0 bridgehead atoms. The molecular formula is C14H23N3O2S. The molecule has 20 heavy (non-hydrogen) atoms. The van der Waals surface area contributed by atoms with Crippen molar-refractivity contribution in [3.8, 4) is 0 Å². The summed E-state index contributed by atoms with van der Waals surface area (Å²) in [6.45, 7) is 8.86. The number of hydrogen-bond donors (Lipinski definition) is 1. The molecule has 1 aromatic heterocycles. The van der Waals surface area contributed by atoms with Gasteiger partial charge in [-0.1, -0.05) is 0 Å². The van der Waals surface area contributed by atoms with Gasteiger partial charge < -0.3 is 10.1 Å². The molecule has 2 rings (SSSR count). The Balaban J connectivity index is 1.87. The Hall–Kier alpha value is -0.980. The van der Waals surface area contributed by atoms with E-state index in [1.807, 2.05) is 12.3 Å². The molecule has 2 atom stereocenters. The number of amides is 1. The Kier molecular flexibility index (Phi) is 5.51. The van der Waals surface area contributed by atoms with Crippen molar-refractivity contribution in [3.05, 3.63) is 11.1 Å². The van der Waals surface area contributed by atoms with E-state index in [1.54, 1.807) is 11.8 Å². The van der Waals surface area contributed by atoms with Gasteiger partial charge in [0.05, 0.1) is 12.3 Å². The highest BCUT2D eigenvalue weighted by Gasteiger charge is 2.22. The third kappa shape index (κ3) is 3.77. The zero-order chi connectivity index (χ0) is 14.5. The standard InChI is InChI=1S/C14H23N3O2S/c1-4-17(11(3)18)14-16-13(9-20-14)7-15-10(2)12-5-6-19-8-12/h9-10,12,15H,4-8H2,1-3H3. The molecule has 1 saturated heterocycles. The highest BCUT2D eigenvalue weighted by Crippen LogP contribution is 2.21. The highest BCUT2D eigenvalue weighted by atomic mass is 32.1. The van der Waals surface area contributed by atoms with E-state index in [0.29, 0.717) is 18.5 Å². The first-order chi connectivity index (χ1) is 9.61. The molecule has 1 aliphatic rings. The van der Waals surface area contributed by atoms with Crippen LogP contribution in [0.25, 0.3) is 0 Å². The molecule has 1 aromatic rings. The molecule has 112 valence electrons. The van der Waals surface area contributed by atoms with Crippen LogP contribution in [0.1, 0.15) is 32.9 Å². The monoisotopic (exact) mass is 297 g/mol. The second-order valence-corrected chi connectivity index (χ2v) is 6.01. The van der Waals surface area contributed by atoms with Crippen LogP contribution < -0.4 is 10.2 Å². The van der Waals surface area contributed by atoms with Crippen LogP contribution in [0.4, 0.5) is 5.13 Å². The molecule has 1 aliphatic heterocycles. The first-order valence-corrected chi connectivity index (χ1v) is 8.03. The van der Waals surface area contributed by atoms with Gasteiger partial charge >= 0.3 is 0 Å². The van der Waals surface area contributed by atoms with Crippen LogP contribution in [-0.4, -0.2) is 36.7 Å². The van der Waals surface area contributed by atoms with Crippen molar-refractivity contribution in [2.75, 3.05) is 24.7 Å². The Morgan fingerprint density at radius 2 is 2.50 bits per heavy atom. The van der Waals surface area contributed by atoms with Gasteiger partial charge in [0.15, 0.2) is 5.13 Å². The zero-order valence-corrected chi connectivity index (χ0v) is 13.2. The van der Waals surface area contributed by atoms with Crippen molar-refractivity contribution in [1.29, 1.82) is 0 Å². The average Bonchev–Trinajstić information content (AvgIpc) is 3.08. The summed E-state index contributed by atoms with van der Waals surface area (Å²) < 4.78 is 5.41. The summed E-state index contributed by atoms with van der Waals surface area (Å²) in [5.74, 6) is 0.635. The Labute approximate surface area is 124 Å². The SMILES string of the molecule is CCN(C(C)=O)c1nc(CNC(C)C2CCOC2)cs1. The lowest BCUT2D eigenvalue weighted by Gasteiger charge is -2.18. The Morgan fingerprint density at radius 1 is 1.70 bits per heavy atom. The maximum Gasteiger partial charge on any atom is 0.225 e. The normalized spacial score (nSPS) is 20.1. The third-order valence-corrected chi connectivity index (χ3v) is 4.66. The maximum atomic E-state index is 11.5. The number of aromatic nitrogens is 1. The first kappa shape index (κ1) is 15.4. The predicted molar refractivity (Wildman–Crippen MR) is 81.0 cm³/mol. The Morgan fingerprint density at radius 3 is 3.10 bits per heavy atom. The second kappa shape index (κ2) is 7.15. The minimum Gasteiger partial charge on any atom is -0.381 e. The van der Waals surface area contributed by atoms with Crippen LogP contribution in [0.15, 0.2) is 5.38 Å². The smallest absolute Gasteiger partial charge is 0.225 e. The number of anilines is 1. The van der Waals surface area contributed by atoms with Crippen molar-refractivity contribution in [2.45, 2.75) is 39.8 Å². The van der Waals surface area contributed by atoms with E-state index in [0.717, 1.165) is 37.0 Å². The topological polar surface area (TPSA) is 54.5 Å². The quantitative estimate of drug-likeness (QED) is 0.873. The number of carbonyl (C=O) groups is 1. The van der Waals surface area contributed by atoms with Crippen LogP contribution >= 0.6 is 11.3 Å². The van der Waals surface area contributed by atoms with Gasteiger partial charge in [0, 0.05) is 38.0 Å². The van der Waals surface area contributed by atoms with Gasteiger partial charge in [-0.05, 0) is 26.2 Å². The minimum atomic E-state index is 0.0397. The van der Waals surface area contributed by atoms with Crippen molar-refractivity contribution in [2.24, 2.45) is 5.92 Å². The molecule has 0 saturated carbocycles. The predicted octanol–water partition coefficient (Wildman–Crippen LogP) is 2.03. The molecule has 1 N–H and O–H groups in total. The van der Waals surface area contributed by atoms with E-state index in [1.165, 1.54) is 11.3 Å². The summed E-state index contributed by atoms with van der Waals surface area (Å²) >= 11 is 1.52. The van der Waals surface area contributed by atoms with E-state index in [-0.39, 0.29) is 5.91 Å². The number of rotatable bonds is 6. The molecule has 6 heteroatoms. The van der Waals surface area contributed by atoms with Crippen molar-refractivity contribution >= 4 is 22.4 Å². The molecule has 2 unspecified atom stereocenters. The molecule has 0 spiro atoms. The summed E-state index contributed by atoms with van der Waals surface area (Å²) in [6, 6.07) is 0.428. The summed E-state index contributed by atoms with van der Waals surface area (Å²) in [4.78, 5) is 17.7. The largest absolute Gasteiger partial charge is 0.381 e. The van der Waals surface area contributed by atoms with Crippen LogP contribution in [0.3, 0.4) is 0 Å². The summed E-state index contributed by atoms with van der Waals surface area (Å²) in [7, 11) is 0. The fourth-order valence-electron chi connectivity index (χ4n) is 2.37. The summed E-state index contributed by atoms with van der Waals surface area (Å²) in [5.41, 5.74) is 0.996. The molecule has 0 radical (unpaired) electrons. The number of hydrogen-bond acceptors (Lipinski definition) is 5. The highest BCUT2D eigenvalue weighted by molar-refractivity contribution is 7.14. The van der Waals surface area contributed by atoms with Gasteiger partial charge in [-0.2, -0.15) is 0 Å². The van der Waals surface area contributed by atoms with E-state index in [9.17, 15) is 4.79 Å². The molecular weight excluding hydrogens is 274 g/mol. The lowest BCUT2D eigenvalue weighted by atomic mass is 10.0. The van der Waals surface area contributed by atoms with Crippen molar-refractivity contribution in [1.82, 2.24) is 10.3 Å². The van der Waals surface area contributed by atoms with Gasteiger partial charge in [0.25, 0.3) is 0 Å². The van der Waals surface area contributed by atoms with Gasteiger partial charge in [0.2, 0.25) is 5.91 Å². The molecule has 2 heterocycles. The van der Waals surface area contributed by atoms with E-state index < -0.39 is 0 Å². The Bertz CT molecular complexity index is 443. The van der Waals surface area contributed by atoms with Crippen LogP contribution in [0.5, 0.6) is 0 Å². The number of thiazole rings is 1. The van der Waals surface area contributed by atoms with Crippen molar-refractivity contribution < 1.29 is 9.53 Å². The lowest BCUT2D eigenvalue weighted by Crippen LogP contribution is -2.33. The van der Waals surface area contributed by atoms with Crippen LogP contribution in [-0.2, 0) is 16.1 Å². The number of ether oxygens (including phenoxy) is 1. The van der Waals surface area contributed by atoms with E-state index in [2.05, 4.69) is 17.2 Å². The molecule has 1 amide bonds. The molecule has 1 fully saturated rings. The molecule has 5 nitrogen and oxygen atoms in total. The average molecular weight is 297 g/mol. The van der Waals surface area contributed by atoms with Crippen LogP contribution in [0.2, 0.25) is 0 Å². The molecule has 0 aromatic carbocycles. The van der Waals surface area contributed by atoms with Gasteiger partial charge in [-0.15, -0.1) is 11.3 Å². The second-order valence-electron chi connectivity index (χ2n) is 5.18. The van der Waals surface area contributed by atoms with Gasteiger partial charge in [-0.25, -0.2) is 4.98 Å². The zero-order valence-electron chi connectivity index (χ0n) is 12.4. The minimum absolute atomic E-state index is 0.0397. The van der Waals surface area contributed by atoms with Crippen LogP contribution in [0, 0.1) is 5.92 Å². The first-order valence-electron chi connectivity index (χ1n) is 7.15. The number of carbonyl (C=O) groups excluding carboxylic acids is 1. The summed E-state index contributed by atoms with van der Waals surface area (Å²) in [6.07, 6.45) is 1.13. The fraction of sp³-hybridized carbons (Fsp3) is 0.714. The fourth-order valence-corrected chi connectivity index (χ4v) is 3.31.